The average molecular weight is 257 g/mol. The van der Waals surface area contributed by atoms with Gasteiger partial charge in [-0.1, -0.05) is 0 Å². The lowest BCUT2D eigenvalue weighted by atomic mass is 10.1. The number of pyridine rings is 1. The number of aliphatic hydroxyl groups is 1. The van der Waals surface area contributed by atoms with Crippen LogP contribution >= 0.6 is 0 Å². The fourth-order valence-electron chi connectivity index (χ4n) is 1.68. The van der Waals surface area contributed by atoms with Crippen LogP contribution in [0.1, 0.15) is 11.3 Å². The number of aryl methyl sites for hydroxylation is 1. The zero-order chi connectivity index (χ0) is 13.3. The van der Waals surface area contributed by atoms with Crippen molar-refractivity contribution in [3.8, 4) is 11.3 Å². The van der Waals surface area contributed by atoms with Crippen LogP contribution in [0.2, 0.25) is 0 Å². The lowest BCUT2D eigenvalue weighted by Crippen LogP contribution is -2.13. The Hall–Kier alpha value is -1.89. The summed E-state index contributed by atoms with van der Waals surface area (Å²) in [6.07, 6.45) is -2.03. The molecular weight excluding hydrogens is 247 g/mol. The second-order valence-electron chi connectivity index (χ2n) is 3.74. The molecule has 0 atom stereocenters. The number of hydrogen-bond acceptors (Lipinski definition) is 3. The van der Waals surface area contributed by atoms with Crippen LogP contribution < -0.4 is 0 Å². The molecule has 0 fully saturated rings. The minimum absolute atomic E-state index is 0.0969. The van der Waals surface area contributed by atoms with Gasteiger partial charge in [-0.2, -0.15) is 18.3 Å². The first kappa shape index (κ1) is 12.6. The maximum atomic E-state index is 12.9. The Morgan fingerprint density at radius 2 is 2.11 bits per heavy atom. The SMILES string of the molecule is Cn1ncc(-c2cc(CO)ccn2)c1C(F)(F)F. The summed E-state index contributed by atoms with van der Waals surface area (Å²) in [5.74, 6) is 0. The molecule has 0 spiro atoms. The molecule has 0 aliphatic carbocycles. The summed E-state index contributed by atoms with van der Waals surface area (Å²) in [5, 5.41) is 12.6. The molecule has 18 heavy (non-hydrogen) atoms. The Labute approximate surface area is 101 Å². The highest BCUT2D eigenvalue weighted by Gasteiger charge is 2.38. The molecule has 0 aliphatic heterocycles. The third kappa shape index (κ3) is 2.21. The Morgan fingerprint density at radius 3 is 2.72 bits per heavy atom. The van der Waals surface area contributed by atoms with E-state index in [1.807, 2.05) is 0 Å². The Balaban J connectivity index is 2.57. The highest BCUT2D eigenvalue weighted by Crippen LogP contribution is 2.35. The van der Waals surface area contributed by atoms with Crippen molar-refractivity contribution in [2.75, 3.05) is 0 Å². The zero-order valence-electron chi connectivity index (χ0n) is 9.44. The van der Waals surface area contributed by atoms with E-state index in [4.69, 9.17) is 5.11 Å². The van der Waals surface area contributed by atoms with Gasteiger partial charge in [-0.25, -0.2) is 0 Å². The third-order valence-electron chi connectivity index (χ3n) is 2.49. The van der Waals surface area contributed by atoms with Gasteiger partial charge >= 0.3 is 6.18 Å². The molecular formula is C11H10F3N3O. The second kappa shape index (κ2) is 4.41. The number of hydrogen-bond donors (Lipinski definition) is 1. The monoisotopic (exact) mass is 257 g/mol. The van der Waals surface area contributed by atoms with Crippen LogP contribution in [-0.4, -0.2) is 19.9 Å². The van der Waals surface area contributed by atoms with Crippen molar-refractivity contribution in [1.82, 2.24) is 14.8 Å². The molecule has 0 amide bonds. The molecule has 4 nitrogen and oxygen atoms in total. The molecule has 2 rings (SSSR count). The number of nitrogens with zero attached hydrogens (tertiary/aromatic N) is 3. The van der Waals surface area contributed by atoms with Crippen LogP contribution in [-0.2, 0) is 19.8 Å². The van der Waals surface area contributed by atoms with Crippen LogP contribution in [0.4, 0.5) is 13.2 Å². The van der Waals surface area contributed by atoms with Gasteiger partial charge in [0.1, 0.15) is 0 Å². The summed E-state index contributed by atoms with van der Waals surface area (Å²) < 4.78 is 39.4. The van der Waals surface area contributed by atoms with Crippen LogP contribution in [0.15, 0.2) is 24.5 Å². The molecule has 0 saturated heterocycles. The maximum absolute atomic E-state index is 12.9. The summed E-state index contributed by atoms with van der Waals surface area (Å²) in [6, 6.07) is 2.94. The molecule has 0 unspecified atom stereocenters. The van der Waals surface area contributed by atoms with Crippen molar-refractivity contribution >= 4 is 0 Å². The number of aliphatic hydroxyl groups excluding tert-OH is 1. The molecule has 0 aliphatic rings. The number of rotatable bonds is 2. The first-order valence-corrected chi connectivity index (χ1v) is 5.09. The molecule has 0 bridgehead atoms. The van der Waals surface area contributed by atoms with Crippen molar-refractivity contribution in [3.05, 3.63) is 35.8 Å². The summed E-state index contributed by atoms with van der Waals surface area (Å²) in [5.41, 5.74) is -0.315. The van der Waals surface area contributed by atoms with E-state index in [2.05, 4.69) is 10.1 Å². The maximum Gasteiger partial charge on any atom is 0.433 e. The van der Waals surface area contributed by atoms with E-state index in [1.165, 1.54) is 25.4 Å². The molecule has 7 heteroatoms. The molecule has 2 aromatic heterocycles. The predicted molar refractivity (Wildman–Crippen MR) is 57.4 cm³/mol. The Kier molecular flexibility index (Phi) is 3.08. The minimum atomic E-state index is -4.50. The predicted octanol–water partition coefficient (Wildman–Crippen LogP) is 1.99. The molecule has 2 heterocycles. The fraction of sp³-hybridized carbons (Fsp3) is 0.273. The summed E-state index contributed by atoms with van der Waals surface area (Å²) in [6.45, 7) is -0.253. The summed E-state index contributed by atoms with van der Waals surface area (Å²) in [7, 11) is 1.22. The van der Waals surface area contributed by atoms with Crippen molar-refractivity contribution in [3.63, 3.8) is 0 Å². The van der Waals surface area contributed by atoms with Gasteiger partial charge in [0.15, 0.2) is 5.69 Å². The summed E-state index contributed by atoms with van der Waals surface area (Å²) >= 11 is 0. The van der Waals surface area contributed by atoms with Crippen LogP contribution in [0.3, 0.4) is 0 Å². The van der Waals surface area contributed by atoms with Crippen molar-refractivity contribution in [2.45, 2.75) is 12.8 Å². The van der Waals surface area contributed by atoms with Crippen molar-refractivity contribution < 1.29 is 18.3 Å². The normalized spacial score (nSPS) is 11.8. The lowest BCUT2D eigenvalue weighted by Gasteiger charge is -2.09. The fourth-order valence-corrected chi connectivity index (χ4v) is 1.68. The lowest BCUT2D eigenvalue weighted by molar-refractivity contribution is -0.143. The average Bonchev–Trinajstić information content (AvgIpc) is 2.71. The molecule has 0 radical (unpaired) electrons. The van der Waals surface area contributed by atoms with Crippen LogP contribution in [0.5, 0.6) is 0 Å². The van der Waals surface area contributed by atoms with Crippen LogP contribution in [0, 0.1) is 0 Å². The molecule has 2 aromatic rings. The van der Waals surface area contributed by atoms with Gasteiger partial charge in [-0.05, 0) is 17.7 Å². The van der Waals surface area contributed by atoms with Gasteiger partial charge < -0.3 is 5.11 Å². The first-order chi connectivity index (χ1) is 8.43. The molecule has 0 saturated carbocycles. The third-order valence-corrected chi connectivity index (χ3v) is 2.49. The Morgan fingerprint density at radius 1 is 1.39 bits per heavy atom. The number of alkyl halides is 3. The molecule has 0 aromatic carbocycles. The van der Waals surface area contributed by atoms with Gasteiger partial charge in [0.05, 0.1) is 24.1 Å². The largest absolute Gasteiger partial charge is 0.433 e. The van der Waals surface area contributed by atoms with E-state index in [0.717, 1.165) is 10.9 Å². The zero-order valence-corrected chi connectivity index (χ0v) is 9.44. The quantitative estimate of drug-likeness (QED) is 0.895. The minimum Gasteiger partial charge on any atom is -0.392 e. The van der Waals surface area contributed by atoms with E-state index < -0.39 is 11.9 Å². The van der Waals surface area contributed by atoms with E-state index in [9.17, 15) is 13.2 Å². The van der Waals surface area contributed by atoms with Crippen LogP contribution in [0.25, 0.3) is 11.3 Å². The van der Waals surface area contributed by atoms with Crippen molar-refractivity contribution in [1.29, 1.82) is 0 Å². The van der Waals surface area contributed by atoms with Gasteiger partial charge in [0.2, 0.25) is 0 Å². The number of aromatic nitrogens is 3. The molecule has 1 N–H and O–H groups in total. The standard InChI is InChI=1S/C11H10F3N3O/c1-17-10(11(12,13)14)8(5-16-17)9-4-7(6-18)2-3-15-9/h2-5,18H,6H2,1H3. The first-order valence-electron chi connectivity index (χ1n) is 5.09. The van der Waals surface area contributed by atoms with Gasteiger partial charge in [0, 0.05) is 13.2 Å². The Bertz CT molecular complexity index is 563. The van der Waals surface area contributed by atoms with E-state index >= 15 is 0 Å². The highest BCUT2D eigenvalue weighted by molar-refractivity contribution is 5.62. The van der Waals surface area contributed by atoms with Gasteiger partial charge in [-0.3, -0.25) is 9.67 Å². The van der Waals surface area contributed by atoms with E-state index in [1.54, 1.807) is 0 Å². The van der Waals surface area contributed by atoms with Gasteiger partial charge in [0.25, 0.3) is 0 Å². The smallest absolute Gasteiger partial charge is 0.392 e. The topological polar surface area (TPSA) is 50.9 Å². The summed E-state index contributed by atoms with van der Waals surface area (Å²) in [4.78, 5) is 3.88. The van der Waals surface area contributed by atoms with E-state index in [-0.39, 0.29) is 17.9 Å². The van der Waals surface area contributed by atoms with E-state index in [0.29, 0.717) is 5.56 Å². The number of halogens is 3. The highest BCUT2D eigenvalue weighted by atomic mass is 19.4. The van der Waals surface area contributed by atoms with Crippen molar-refractivity contribution in [2.24, 2.45) is 7.05 Å². The second-order valence-corrected chi connectivity index (χ2v) is 3.74. The molecule has 96 valence electrons. The van der Waals surface area contributed by atoms with Gasteiger partial charge in [-0.15, -0.1) is 0 Å².